The van der Waals surface area contributed by atoms with E-state index in [0.717, 1.165) is 11.6 Å². The maximum atomic E-state index is 11.0. The number of furan rings is 1. The molecule has 0 aliphatic carbocycles. The lowest BCUT2D eigenvalue weighted by molar-refractivity contribution is 0.0688. The second kappa shape index (κ2) is 4.27. The van der Waals surface area contributed by atoms with Gasteiger partial charge in [0.25, 0.3) is 0 Å². The third-order valence-corrected chi connectivity index (χ3v) is 3.02. The summed E-state index contributed by atoms with van der Waals surface area (Å²) in [6.45, 7) is 0. The molecule has 0 bridgehead atoms. The molecule has 98 valence electrons. The van der Waals surface area contributed by atoms with Crippen LogP contribution < -0.4 is 0 Å². The van der Waals surface area contributed by atoms with E-state index in [2.05, 4.69) is 10.1 Å². The summed E-state index contributed by atoms with van der Waals surface area (Å²) in [6, 6.07) is 3.74. The Bertz CT molecular complexity index is 724. The maximum absolute atomic E-state index is 11.0. The summed E-state index contributed by atoms with van der Waals surface area (Å²) in [7, 11) is 1.82. The molecule has 19 heavy (non-hydrogen) atoms. The summed E-state index contributed by atoms with van der Waals surface area (Å²) < 4.78 is 8.39. The summed E-state index contributed by atoms with van der Waals surface area (Å²) in [5.74, 6) is 1.12. The van der Waals surface area contributed by atoms with E-state index in [1.165, 1.54) is 10.7 Å². The molecule has 0 fully saturated rings. The van der Waals surface area contributed by atoms with Crippen LogP contribution >= 0.6 is 0 Å². The highest BCUT2D eigenvalue weighted by atomic mass is 16.4. The number of rotatable bonds is 4. The van der Waals surface area contributed by atoms with E-state index >= 15 is 0 Å². The van der Waals surface area contributed by atoms with Gasteiger partial charge in [-0.05, 0) is 12.1 Å². The molecule has 0 saturated carbocycles. The van der Waals surface area contributed by atoms with Crippen LogP contribution in [0.2, 0.25) is 0 Å². The topological polar surface area (TPSA) is 85.6 Å². The Kier molecular flexibility index (Phi) is 2.59. The van der Waals surface area contributed by atoms with Crippen molar-refractivity contribution in [1.29, 1.82) is 0 Å². The highest BCUT2D eigenvalue weighted by Gasteiger charge is 2.17. The number of hydrogen-bond donors (Lipinski definition) is 1. The zero-order chi connectivity index (χ0) is 13.4. The normalized spacial score (nSPS) is 11.2. The first-order valence-electron chi connectivity index (χ1n) is 5.82. The van der Waals surface area contributed by atoms with Gasteiger partial charge in [-0.25, -0.2) is 9.78 Å². The van der Waals surface area contributed by atoms with Crippen LogP contribution in [0.4, 0.5) is 0 Å². The van der Waals surface area contributed by atoms with Gasteiger partial charge < -0.3 is 9.52 Å². The number of nitrogens with zero attached hydrogens (tertiary/aromatic N) is 4. The molecule has 0 saturated heterocycles. The lowest BCUT2D eigenvalue weighted by atomic mass is 10.2. The van der Waals surface area contributed by atoms with E-state index in [0.29, 0.717) is 18.6 Å². The predicted molar refractivity (Wildman–Crippen MR) is 65.0 cm³/mol. The van der Waals surface area contributed by atoms with Gasteiger partial charge in [-0.3, -0.25) is 4.57 Å². The highest BCUT2D eigenvalue weighted by Crippen LogP contribution is 2.11. The molecular weight excluding hydrogens is 248 g/mol. The summed E-state index contributed by atoms with van der Waals surface area (Å²) in [5, 5.41) is 13.3. The first kappa shape index (κ1) is 11.5. The lowest BCUT2D eigenvalue weighted by Gasteiger charge is -1.98. The zero-order valence-electron chi connectivity index (χ0n) is 10.3. The molecular formula is C12H12N4O3. The summed E-state index contributed by atoms with van der Waals surface area (Å²) >= 11 is 0. The molecule has 0 amide bonds. The number of carboxylic acid groups (broad SMARTS) is 1. The van der Waals surface area contributed by atoms with Crippen LogP contribution in [0, 0.1) is 0 Å². The van der Waals surface area contributed by atoms with Crippen LogP contribution in [0.25, 0.3) is 5.78 Å². The van der Waals surface area contributed by atoms with Gasteiger partial charge in [0, 0.05) is 19.9 Å². The van der Waals surface area contributed by atoms with Gasteiger partial charge in [-0.15, -0.1) is 0 Å². The van der Waals surface area contributed by atoms with E-state index in [1.54, 1.807) is 10.8 Å². The van der Waals surface area contributed by atoms with Crippen LogP contribution in [0.5, 0.6) is 0 Å². The largest absolute Gasteiger partial charge is 0.476 e. The Morgan fingerprint density at radius 1 is 1.47 bits per heavy atom. The smallest absolute Gasteiger partial charge is 0.356 e. The van der Waals surface area contributed by atoms with Crippen molar-refractivity contribution in [2.24, 2.45) is 7.05 Å². The van der Waals surface area contributed by atoms with E-state index in [4.69, 9.17) is 9.52 Å². The summed E-state index contributed by atoms with van der Waals surface area (Å²) in [6.07, 6.45) is 4.31. The molecule has 0 unspecified atom stereocenters. The fourth-order valence-electron chi connectivity index (χ4n) is 2.01. The highest BCUT2D eigenvalue weighted by molar-refractivity contribution is 5.86. The van der Waals surface area contributed by atoms with Gasteiger partial charge in [0.15, 0.2) is 5.69 Å². The Balaban J connectivity index is 1.91. The second-order valence-electron chi connectivity index (χ2n) is 4.22. The van der Waals surface area contributed by atoms with E-state index in [9.17, 15) is 4.79 Å². The van der Waals surface area contributed by atoms with Gasteiger partial charge in [0.2, 0.25) is 5.78 Å². The minimum absolute atomic E-state index is 0.0647. The number of aromatic carboxylic acids is 1. The molecule has 0 spiro atoms. The summed E-state index contributed by atoms with van der Waals surface area (Å²) in [4.78, 5) is 15.1. The number of aromatic nitrogens is 4. The molecule has 0 aliphatic rings. The Morgan fingerprint density at radius 3 is 3.00 bits per heavy atom. The molecule has 0 aromatic carbocycles. The molecule has 3 heterocycles. The van der Waals surface area contributed by atoms with Crippen molar-refractivity contribution in [3.8, 4) is 0 Å². The van der Waals surface area contributed by atoms with Gasteiger partial charge in [0.05, 0.1) is 12.5 Å². The Morgan fingerprint density at radius 2 is 2.32 bits per heavy atom. The molecule has 3 rings (SSSR count). The Hall–Kier alpha value is -2.57. The van der Waals surface area contributed by atoms with Crippen molar-refractivity contribution in [2.45, 2.75) is 12.8 Å². The number of aryl methyl sites for hydroxylation is 3. The van der Waals surface area contributed by atoms with Gasteiger partial charge in [0.1, 0.15) is 11.6 Å². The van der Waals surface area contributed by atoms with Crippen LogP contribution in [-0.4, -0.2) is 30.2 Å². The predicted octanol–water partition coefficient (Wildman–Crippen LogP) is 1.14. The van der Waals surface area contributed by atoms with Crippen molar-refractivity contribution >= 4 is 11.7 Å². The van der Waals surface area contributed by atoms with Crippen molar-refractivity contribution in [1.82, 2.24) is 19.2 Å². The van der Waals surface area contributed by atoms with Gasteiger partial charge in [-0.1, -0.05) is 0 Å². The van der Waals surface area contributed by atoms with Gasteiger partial charge in [-0.2, -0.15) is 9.61 Å². The number of carbonyl (C=O) groups is 1. The second-order valence-corrected chi connectivity index (χ2v) is 4.22. The molecule has 0 radical (unpaired) electrons. The molecule has 0 aliphatic heterocycles. The number of hydrogen-bond acceptors (Lipinski definition) is 4. The minimum Gasteiger partial charge on any atom is -0.476 e. The lowest BCUT2D eigenvalue weighted by Crippen LogP contribution is -2.03. The van der Waals surface area contributed by atoms with Crippen molar-refractivity contribution in [3.05, 3.63) is 41.9 Å². The fraction of sp³-hybridized carbons (Fsp3) is 0.250. The zero-order valence-corrected chi connectivity index (χ0v) is 10.3. The van der Waals surface area contributed by atoms with E-state index in [-0.39, 0.29) is 5.69 Å². The monoisotopic (exact) mass is 260 g/mol. The molecule has 7 heteroatoms. The third-order valence-electron chi connectivity index (χ3n) is 3.02. The van der Waals surface area contributed by atoms with Crippen molar-refractivity contribution in [3.63, 3.8) is 0 Å². The van der Waals surface area contributed by atoms with Crippen LogP contribution in [-0.2, 0) is 19.9 Å². The van der Waals surface area contributed by atoms with Crippen LogP contribution in [0.15, 0.2) is 29.0 Å². The first-order chi connectivity index (χ1) is 9.16. The van der Waals surface area contributed by atoms with Gasteiger partial charge >= 0.3 is 5.97 Å². The maximum Gasteiger partial charge on any atom is 0.356 e. The molecule has 3 aromatic heterocycles. The quantitative estimate of drug-likeness (QED) is 0.760. The minimum atomic E-state index is -1.04. The fourth-order valence-corrected chi connectivity index (χ4v) is 2.01. The molecule has 1 N–H and O–H groups in total. The van der Waals surface area contributed by atoms with E-state index in [1.807, 2.05) is 19.2 Å². The Labute approximate surface area is 108 Å². The average Bonchev–Trinajstić information content (AvgIpc) is 3.05. The first-order valence-corrected chi connectivity index (χ1v) is 5.82. The third kappa shape index (κ3) is 1.88. The standard InChI is InChI=1S/C12H12N4O3/c1-15-10(5-4-8-3-2-6-19-8)14-16-9(11(17)18)7-13-12(15)16/h2-3,6-7H,4-5H2,1H3,(H,17,18). The van der Waals surface area contributed by atoms with Crippen LogP contribution in [0.3, 0.4) is 0 Å². The van der Waals surface area contributed by atoms with Crippen molar-refractivity contribution < 1.29 is 14.3 Å². The number of fused-ring (bicyclic) bond motifs is 1. The average molecular weight is 260 g/mol. The van der Waals surface area contributed by atoms with Crippen molar-refractivity contribution in [2.75, 3.05) is 0 Å². The number of carboxylic acids is 1. The van der Waals surface area contributed by atoms with E-state index < -0.39 is 5.97 Å². The molecule has 3 aromatic rings. The molecule has 7 nitrogen and oxygen atoms in total. The SMILES string of the molecule is Cn1c(CCc2ccco2)nn2c(C(=O)O)cnc12. The number of imidazole rings is 1. The van der Waals surface area contributed by atoms with Crippen LogP contribution in [0.1, 0.15) is 22.1 Å². The molecule has 0 atom stereocenters. The summed E-state index contributed by atoms with van der Waals surface area (Å²) in [5.41, 5.74) is 0.0647.